The van der Waals surface area contributed by atoms with Crippen LogP contribution in [0.3, 0.4) is 0 Å². The van der Waals surface area contributed by atoms with Gasteiger partial charge in [0.2, 0.25) is 5.91 Å². The number of carbonyl (C=O) groups is 1. The first-order chi connectivity index (χ1) is 12.4. The van der Waals surface area contributed by atoms with E-state index in [-0.39, 0.29) is 18.4 Å². The first-order valence-electron chi connectivity index (χ1n) is 7.99. The average molecular weight is 484 g/mol. The maximum absolute atomic E-state index is 12.0. The number of hydrazone groups is 1. The van der Waals surface area contributed by atoms with Gasteiger partial charge in [-0.3, -0.25) is 4.79 Å². The second kappa shape index (κ2) is 9.73. The Kier molecular flexibility index (Phi) is 7.66. The van der Waals surface area contributed by atoms with Gasteiger partial charge in [-0.2, -0.15) is 5.10 Å². The van der Waals surface area contributed by atoms with Crippen molar-refractivity contribution in [3.05, 3.63) is 56.5 Å². The predicted octanol–water partition coefficient (Wildman–Crippen LogP) is 4.70. The van der Waals surface area contributed by atoms with Crippen molar-refractivity contribution in [3.8, 4) is 11.5 Å². The molecule has 1 amide bonds. The Morgan fingerprint density at radius 3 is 2.54 bits per heavy atom. The van der Waals surface area contributed by atoms with Crippen molar-refractivity contribution in [1.82, 2.24) is 5.43 Å². The first kappa shape index (κ1) is 20.5. The van der Waals surface area contributed by atoms with E-state index in [0.717, 1.165) is 20.1 Å². The lowest BCUT2D eigenvalue weighted by Crippen LogP contribution is -2.19. The van der Waals surface area contributed by atoms with Gasteiger partial charge in [-0.15, -0.1) is 0 Å². The third-order valence-corrected chi connectivity index (χ3v) is 4.40. The van der Waals surface area contributed by atoms with Gasteiger partial charge in [0.1, 0.15) is 0 Å². The molecule has 0 saturated carbocycles. The smallest absolute Gasteiger partial charge is 0.244 e. The number of carbonyl (C=O) groups excluding carboxylic acids is 1. The van der Waals surface area contributed by atoms with Crippen LogP contribution in [0.2, 0.25) is 0 Å². The summed E-state index contributed by atoms with van der Waals surface area (Å²) in [6, 6.07) is 11.2. The Labute approximate surface area is 170 Å². The molecule has 0 aliphatic rings. The quantitative estimate of drug-likeness (QED) is 0.458. The van der Waals surface area contributed by atoms with Gasteiger partial charge >= 0.3 is 0 Å². The van der Waals surface area contributed by atoms with Crippen LogP contribution in [0, 0.1) is 0 Å². The molecule has 2 aromatic carbocycles. The molecular weight excluding hydrogens is 464 g/mol. The number of benzene rings is 2. The molecule has 26 heavy (non-hydrogen) atoms. The molecule has 0 atom stereocenters. The zero-order valence-corrected chi connectivity index (χ0v) is 17.9. The minimum absolute atomic E-state index is 0.0256. The maximum atomic E-state index is 12.0. The van der Waals surface area contributed by atoms with E-state index in [1.54, 1.807) is 19.4 Å². The second-order valence-electron chi connectivity index (χ2n) is 5.80. The fourth-order valence-electron chi connectivity index (χ4n) is 2.17. The Balaban J connectivity index is 2.02. The molecule has 2 aromatic rings. The van der Waals surface area contributed by atoms with Crippen LogP contribution in [0.25, 0.3) is 0 Å². The summed E-state index contributed by atoms with van der Waals surface area (Å²) in [4.78, 5) is 12.0. The normalized spacial score (nSPS) is 11.0. The summed E-state index contributed by atoms with van der Waals surface area (Å²) in [6.45, 7) is 3.89. The molecule has 0 bridgehead atoms. The maximum Gasteiger partial charge on any atom is 0.244 e. The molecular formula is C19H20Br2N2O3. The van der Waals surface area contributed by atoms with Crippen LogP contribution in [-0.4, -0.2) is 25.3 Å². The fourth-order valence-corrected chi connectivity index (χ4v) is 2.99. The van der Waals surface area contributed by atoms with E-state index in [1.807, 2.05) is 44.2 Å². The summed E-state index contributed by atoms with van der Waals surface area (Å²) >= 11 is 6.85. The average Bonchev–Trinajstić information content (AvgIpc) is 2.58. The van der Waals surface area contributed by atoms with E-state index in [4.69, 9.17) is 9.47 Å². The molecule has 0 aliphatic carbocycles. The molecule has 0 radical (unpaired) electrons. The number of hydrogen-bond acceptors (Lipinski definition) is 4. The number of hydrogen-bond donors (Lipinski definition) is 1. The van der Waals surface area contributed by atoms with Crippen LogP contribution in [0.4, 0.5) is 0 Å². The molecule has 0 fully saturated rings. The Morgan fingerprint density at radius 1 is 1.23 bits per heavy atom. The van der Waals surface area contributed by atoms with E-state index in [0.29, 0.717) is 11.5 Å². The van der Waals surface area contributed by atoms with Crippen LogP contribution >= 0.6 is 31.9 Å². The number of ether oxygens (including phenoxy) is 2. The van der Waals surface area contributed by atoms with Gasteiger partial charge in [0, 0.05) is 4.47 Å². The van der Waals surface area contributed by atoms with Crippen LogP contribution in [0.1, 0.15) is 25.0 Å². The van der Waals surface area contributed by atoms with Crippen LogP contribution in [0.15, 0.2) is 50.4 Å². The van der Waals surface area contributed by atoms with Crippen LogP contribution in [0.5, 0.6) is 11.5 Å². The largest absolute Gasteiger partial charge is 0.493 e. The lowest BCUT2D eigenvalue weighted by molar-refractivity contribution is -0.120. The molecule has 0 spiro atoms. The molecule has 0 unspecified atom stereocenters. The Bertz CT molecular complexity index is 790. The van der Waals surface area contributed by atoms with E-state index < -0.39 is 0 Å². The lowest BCUT2D eigenvalue weighted by atomic mass is 10.1. The van der Waals surface area contributed by atoms with Gasteiger partial charge in [-0.1, -0.05) is 28.1 Å². The zero-order chi connectivity index (χ0) is 19.1. The van der Waals surface area contributed by atoms with E-state index in [2.05, 4.69) is 42.4 Å². The summed E-state index contributed by atoms with van der Waals surface area (Å²) in [5, 5.41) is 4.01. The molecule has 0 aromatic heterocycles. The number of rotatable bonds is 7. The summed E-state index contributed by atoms with van der Waals surface area (Å²) in [5.74, 6) is 1.05. The Morgan fingerprint density at radius 2 is 1.92 bits per heavy atom. The van der Waals surface area contributed by atoms with Crippen LogP contribution in [-0.2, 0) is 11.2 Å². The summed E-state index contributed by atoms with van der Waals surface area (Å²) in [6.07, 6.45) is 1.85. The van der Waals surface area contributed by atoms with Crippen molar-refractivity contribution in [2.75, 3.05) is 7.11 Å². The third-order valence-electron chi connectivity index (χ3n) is 3.29. The highest BCUT2D eigenvalue weighted by Gasteiger charge is 2.12. The topological polar surface area (TPSA) is 59.9 Å². The number of nitrogens with one attached hydrogen (secondary N) is 1. The van der Waals surface area contributed by atoms with Crippen molar-refractivity contribution in [2.45, 2.75) is 26.4 Å². The van der Waals surface area contributed by atoms with E-state index in [1.165, 1.54) is 0 Å². The SMILES string of the molecule is COc1cc(/C=N\NC(=O)Cc2ccc(Br)cc2)cc(Br)c1OC(C)C. The van der Waals surface area contributed by atoms with Gasteiger partial charge in [0.15, 0.2) is 11.5 Å². The van der Waals surface area contributed by atoms with Gasteiger partial charge in [-0.05, 0) is 65.2 Å². The monoisotopic (exact) mass is 482 g/mol. The van der Waals surface area contributed by atoms with Gasteiger partial charge in [-0.25, -0.2) is 5.43 Å². The number of methoxy groups -OCH3 is 1. The first-order valence-corrected chi connectivity index (χ1v) is 9.58. The summed E-state index contributed by atoms with van der Waals surface area (Å²) in [7, 11) is 1.58. The fraction of sp³-hybridized carbons (Fsp3) is 0.263. The highest BCUT2D eigenvalue weighted by atomic mass is 79.9. The van der Waals surface area contributed by atoms with Gasteiger partial charge in [0.05, 0.1) is 30.3 Å². The highest BCUT2D eigenvalue weighted by molar-refractivity contribution is 9.10. The van der Waals surface area contributed by atoms with Crippen LogP contribution < -0.4 is 14.9 Å². The number of amides is 1. The molecule has 0 heterocycles. The molecule has 0 aliphatic heterocycles. The molecule has 2 rings (SSSR count). The van der Waals surface area contributed by atoms with Crippen molar-refractivity contribution >= 4 is 44.0 Å². The molecule has 138 valence electrons. The van der Waals surface area contributed by atoms with Crippen molar-refractivity contribution in [3.63, 3.8) is 0 Å². The molecule has 1 N–H and O–H groups in total. The van der Waals surface area contributed by atoms with E-state index >= 15 is 0 Å². The minimum Gasteiger partial charge on any atom is -0.493 e. The molecule has 7 heteroatoms. The van der Waals surface area contributed by atoms with Crippen molar-refractivity contribution in [2.24, 2.45) is 5.10 Å². The van der Waals surface area contributed by atoms with Gasteiger partial charge in [0.25, 0.3) is 0 Å². The highest BCUT2D eigenvalue weighted by Crippen LogP contribution is 2.36. The predicted molar refractivity (Wildman–Crippen MR) is 110 cm³/mol. The van der Waals surface area contributed by atoms with E-state index in [9.17, 15) is 4.79 Å². The third kappa shape index (κ3) is 6.14. The molecule has 5 nitrogen and oxygen atoms in total. The molecule has 0 saturated heterocycles. The van der Waals surface area contributed by atoms with Crippen molar-refractivity contribution in [1.29, 1.82) is 0 Å². The Hall–Kier alpha value is -1.86. The summed E-state index contributed by atoms with van der Waals surface area (Å²) in [5.41, 5.74) is 4.22. The lowest BCUT2D eigenvalue weighted by Gasteiger charge is -2.15. The number of halogens is 2. The zero-order valence-electron chi connectivity index (χ0n) is 14.8. The van der Waals surface area contributed by atoms with Gasteiger partial charge < -0.3 is 9.47 Å². The number of nitrogens with zero attached hydrogens (tertiary/aromatic N) is 1. The standard InChI is InChI=1S/C19H20Br2N2O3/c1-12(2)26-19-16(21)8-14(9-17(19)25-3)11-22-23-18(24)10-13-4-6-15(20)7-5-13/h4-9,11-12H,10H2,1-3H3,(H,23,24)/b22-11-. The summed E-state index contributed by atoms with van der Waals surface area (Å²) < 4.78 is 12.9. The second-order valence-corrected chi connectivity index (χ2v) is 7.57. The van der Waals surface area contributed by atoms with Crippen molar-refractivity contribution < 1.29 is 14.3 Å². The minimum atomic E-state index is -0.186.